The van der Waals surface area contributed by atoms with Gasteiger partial charge >= 0.3 is 0 Å². The van der Waals surface area contributed by atoms with Crippen LogP contribution in [0, 0.1) is 11.8 Å². The van der Waals surface area contributed by atoms with E-state index in [0.29, 0.717) is 13.1 Å². The minimum Gasteiger partial charge on any atom is -0.395 e. The van der Waals surface area contributed by atoms with Gasteiger partial charge < -0.3 is 20.6 Å². The Labute approximate surface area is 200 Å². The maximum atomic E-state index is 13.6. The molecule has 3 amide bonds. The van der Waals surface area contributed by atoms with Crippen molar-refractivity contribution in [2.75, 3.05) is 19.7 Å². The van der Waals surface area contributed by atoms with E-state index in [9.17, 15) is 19.5 Å². The summed E-state index contributed by atoms with van der Waals surface area (Å²) in [6.45, 7) is 5.07. The number of nitrogens with zero attached hydrogens (tertiary/aromatic N) is 1. The molecule has 2 unspecified atom stereocenters. The maximum absolute atomic E-state index is 13.6. The molecular formula is C25H35N3O4S. The monoisotopic (exact) mass is 473 g/mol. The zero-order valence-corrected chi connectivity index (χ0v) is 20.3. The van der Waals surface area contributed by atoms with E-state index in [1.807, 2.05) is 30.3 Å². The highest BCUT2D eigenvalue weighted by Gasteiger charge is 2.76. The summed E-state index contributed by atoms with van der Waals surface area (Å²) in [6, 6.07) is 9.07. The molecule has 3 N–H and O–H groups in total. The lowest BCUT2D eigenvalue weighted by atomic mass is 9.66. The molecule has 3 aliphatic heterocycles. The second kappa shape index (κ2) is 9.66. The normalized spacial score (nSPS) is 32.2. The van der Waals surface area contributed by atoms with Crippen molar-refractivity contribution in [3.05, 3.63) is 35.9 Å². The van der Waals surface area contributed by atoms with Gasteiger partial charge in [-0.25, -0.2) is 0 Å². The van der Waals surface area contributed by atoms with E-state index in [1.165, 1.54) is 4.90 Å². The Balaban J connectivity index is 1.57. The first kappa shape index (κ1) is 24.1. The number of unbranched alkanes of at least 4 members (excludes halogenated alkanes) is 2. The zero-order chi connectivity index (χ0) is 23.6. The van der Waals surface area contributed by atoms with E-state index in [2.05, 4.69) is 24.5 Å². The predicted octanol–water partition coefficient (Wildman–Crippen LogP) is 2.08. The molecule has 5 atom stereocenters. The van der Waals surface area contributed by atoms with Gasteiger partial charge in [0.2, 0.25) is 17.7 Å². The van der Waals surface area contributed by atoms with Crippen molar-refractivity contribution >= 4 is 29.5 Å². The van der Waals surface area contributed by atoms with Crippen LogP contribution < -0.4 is 10.6 Å². The van der Waals surface area contributed by atoms with Gasteiger partial charge in [-0.3, -0.25) is 14.4 Å². The number of likely N-dealkylation sites (tertiary alicyclic amines) is 1. The molecule has 33 heavy (non-hydrogen) atoms. The Bertz CT molecular complexity index is 897. The zero-order valence-electron chi connectivity index (χ0n) is 19.5. The molecule has 3 heterocycles. The Morgan fingerprint density at radius 3 is 2.61 bits per heavy atom. The predicted molar refractivity (Wildman–Crippen MR) is 128 cm³/mol. The van der Waals surface area contributed by atoms with Crippen molar-refractivity contribution in [2.24, 2.45) is 11.8 Å². The number of hydrogen-bond acceptors (Lipinski definition) is 5. The molecule has 180 valence electrons. The number of benzene rings is 1. The van der Waals surface area contributed by atoms with E-state index in [0.717, 1.165) is 37.7 Å². The van der Waals surface area contributed by atoms with Crippen molar-refractivity contribution in [1.29, 1.82) is 0 Å². The molecule has 1 aromatic carbocycles. The van der Waals surface area contributed by atoms with Crippen LogP contribution in [0.4, 0.5) is 0 Å². The molecule has 0 saturated carbocycles. The Hall–Kier alpha value is -2.06. The minimum atomic E-state index is -0.650. The van der Waals surface area contributed by atoms with Crippen LogP contribution in [-0.4, -0.2) is 63.0 Å². The molecule has 1 aromatic rings. The molecule has 8 heteroatoms. The first-order chi connectivity index (χ1) is 15.9. The molecule has 3 fully saturated rings. The molecule has 0 radical (unpaired) electrons. The highest BCUT2D eigenvalue weighted by Crippen LogP contribution is 2.71. The smallest absolute Gasteiger partial charge is 0.244 e. The molecule has 4 rings (SSSR count). The number of hydrogen-bond donors (Lipinski definition) is 3. The summed E-state index contributed by atoms with van der Waals surface area (Å²) in [7, 11) is 0. The van der Waals surface area contributed by atoms with E-state index < -0.39 is 22.6 Å². The maximum Gasteiger partial charge on any atom is 0.244 e. The highest BCUT2D eigenvalue weighted by molar-refractivity contribution is 8.02. The number of aliphatic hydroxyl groups excluding tert-OH is 1. The van der Waals surface area contributed by atoms with Gasteiger partial charge in [-0.2, -0.15) is 0 Å². The topological polar surface area (TPSA) is 98.7 Å². The van der Waals surface area contributed by atoms with E-state index in [1.54, 1.807) is 11.8 Å². The standard InChI is InChI=1S/C25H35N3O4S/c1-3-4-8-13-26-22(31)20-25-12-11-24(2,33-25)18(19(25)23(32)28(20)14-15-29)21(30)27-16-17-9-6-5-7-10-17/h5-7,9-10,18-20,29H,3-4,8,11-16H2,1-2H3,(H,26,31)(H,27,30)/t18-,19+,20?,24+,25?/m1/s1. The Kier molecular flexibility index (Phi) is 7.05. The summed E-state index contributed by atoms with van der Waals surface area (Å²) < 4.78 is -1.00. The van der Waals surface area contributed by atoms with Gasteiger partial charge in [-0.05, 0) is 31.7 Å². The fourth-order valence-electron chi connectivity index (χ4n) is 6.05. The van der Waals surface area contributed by atoms with Gasteiger partial charge in [-0.1, -0.05) is 50.1 Å². The average Bonchev–Trinajstić information content (AvgIpc) is 3.37. The lowest BCUT2D eigenvalue weighted by molar-refractivity contribution is -0.141. The number of amides is 3. The number of carbonyl (C=O) groups excluding carboxylic acids is 3. The first-order valence-corrected chi connectivity index (χ1v) is 12.9. The van der Waals surface area contributed by atoms with Gasteiger partial charge in [0, 0.05) is 24.4 Å². The molecule has 3 saturated heterocycles. The third kappa shape index (κ3) is 4.16. The molecule has 2 bridgehead atoms. The van der Waals surface area contributed by atoms with Crippen LogP contribution >= 0.6 is 11.8 Å². The van der Waals surface area contributed by atoms with Crippen LogP contribution in [0.2, 0.25) is 0 Å². The number of fused-ring (bicyclic) bond motifs is 1. The fourth-order valence-corrected chi connectivity index (χ4v) is 8.41. The minimum absolute atomic E-state index is 0.111. The van der Waals surface area contributed by atoms with E-state index >= 15 is 0 Å². The van der Waals surface area contributed by atoms with Crippen LogP contribution in [0.15, 0.2) is 30.3 Å². The van der Waals surface area contributed by atoms with Gasteiger partial charge in [0.15, 0.2) is 0 Å². The lowest BCUT2D eigenvalue weighted by Gasteiger charge is -2.34. The van der Waals surface area contributed by atoms with E-state index in [4.69, 9.17) is 0 Å². The van der Waals surface area contributed by atoms with Crippen LogP contribution in [0.25, 0.3) is 0 Å². The first-order valence-electron chi connectivity index (χ1n) is 12.1. The molecular weight excluding hydrogens is 438 g/mol. The van der Waals surface area contributed by atoms with Gasteiger partial charge in [0.1, 0.15) is 6.04 Å². The Morgan fingerprint density at radius 2 is 1.91 bits per heavy atom. The lowest BCUT2D eigenvalue weighted by Crippen LogP contribution is -2.54. The third-order valence-electron chi connectivity index (χ3n) is 7.54. The number of rotatable bonds is 10. The Morgan fingerprint density at radius 1 is 1.15 bits per heavy atom. The number of thioether (sulfide) groups is 1. The van der Waals surface area contributed by atoms with Gasteiger partial charge in [0.05, 0.1) is 23.2 Å². The SMILES string of the molecule is CCCCCNC(=O)C1N(CCO)C(=O)[C@@H]2[C@H](C(=O)NCc3ccccc3)[C@]3(C)CCC12S3. The highest BCUT2D eigenvalue weighted by atomic mass is 32.2. The quantitative estimate of drug-likeness (QED) is 0.452. The summed E-state index contributed by atoms with van der Waals surface area (Å²) in [6.07, 6.45) is 4.51. The van der Waals surface area contributed by atoms with E-state index in [-0.39, 0.29) is 35.6 Å². The molecule has 7 nitrogen and oxygen atoms in total. The van der Waals surface area contributed by atoms with Gasteiger partial charge in [-0.15, -0.1) is 11.8 Å². The number of aliphatic hydroxyl groups is 1. The number of β-amino-alcohol motifs (C(OH)–C–C–N with tert-alkyl or cyclic N) is 1. The summed E-state index contributed by atoms with van der Waals surface area (Å²) in [4.78, 5) is 42.0. The van der Waals surface area contributed by atoms with Crippen LogP contribution in [0.1, 0.15) is 51.5 Å². The summed E-state index contributed by atoms with van der Waals surface area (Å²) in [5, 5.41) is 15.7. The van der Waals surface area contributed by atoms with Crippen LogP contribution in [-0.2, 0) is 20.9 Å². The van der Waals surface area contributed by atoms with Crippen molar-refractivity contribution in [2.45, 2.75) is 68.0 Å². The van der Waals surface area contributed by atoms with Crippen LogP contribution in [0.5, 0.6) is 0 Å². The molecule has 0 aliphatic carbocycles. The second-order valence-corrected chi connectivity index (χ2v) is 11.6. The van der Waals surface area contributed by atoms with Crippen molar-refractivity contribution in [3.8, 4) is 0 Å². The van der Waals surface area contributed by atoms with Crippen LogP contribution in [0.3, 0.4) is 0 Å². The fraction of sp³-hybridized carbons (Fsp3) is 0.640. The molecule has 1 spiro atoms. The van der Waals surface area contributed by atoms with Crippen molar-refractivity contribution in [1.82, 2.24) is 15.5 Å². The number of carbonyl (C=O) groups is 3. The van der Waals surface area contributed by atoms with Crippen molar-refractivity contribution in [3.63, 3.8) is 0 Å². The largest absolute Gasteiger partial charge is 0.395 e. The third-order valence-corrected chi connectivity index (χ3v) is 9.52. The van der Waals surface area contributed by atoms with Crippen molar-refractivity contribution < 1.29 is 19.5 Å². The summed E-state index contributed by atoms with van der Waals surface area (Å²) in [5.41, 5.74) is 1.01. The molecule has 3 aliphatic rings. The second-order valence-electron chi connectivity index (χ2n) is 9.68. The summed E-state index contributed by atoms with van der Waals surface area (Å²) in [5.74, 6) is -1.49. The summed E-state index contributed by atoms with van der Waals surface area (Å²) >= 11 is 1.66. The number of nitrogens with one attached hydrogen (secondary N) is 2. The molecule has 0 aromatic heterocycles. The average molecular weight is 474 g/mol. The van der Waals surface area contributed by atoms with Gasteiger partial charge in [0.25, 0.3) is 0 Å².